The molecule has 0 atom stereocenters. The lowest BCUT2D eigenvalue weighted by Crippen LogP contribution is -2.17. The van der Waals surface area contributed by atoms with Crippen LogP contribution >= 0.6 is 22.6 Å². The average molecular weight is 400 g/mol. The number of nitrogens with one attached hydrogen (secondary N) is 1. The van der Waals surface area contributed by atoms with E-state index in [2.05, 4.69) is 9.97 Å². The van der Waals surface area contributed by atoms with E-state index >= 15 is 0 Å². The van der Waals surface area contributed by atoms with E-state index in [0.717, 1.165) is 5.69 Å². The molecule has 21 heavy (non-hydrogen) atoms. The maximum absolute atomic E-state index is 12.1. The summed E-state index contributed by atoms with van der Waals surface area (Å²) in [6.07, 6.45) is 0. The highest BCUT2D eigenvalue weighted by molar-refractivity contribution is 14.1. The van der Waals surface area contributed by atoms with Gasteiger partial charge in [-0.05, 0) is 40.6 Å². The number of hydrogen-bond donors (Lipinski definition) is 1. The highest BCUT2D eigenvalue weighted by Gasteiger charge is 2.17. The van der Waals surface area contributed by atoms with Crippen LogP contribution in [0.3, 0.4) is 0 Å². The van der Waals surface area contributed by atoms with Crippen molar-refractivity contribution in [3.63, 3.8) is 0 Å². The monoisotopic (exact) mass is 400 g/mol. The molecule has 0 aliphatic rings. The summed E-state index contributed by atoms with van der Waals surface area (Å²) in [5, 5.41) is 0. The first-order chi connectivity index (χ1) is 9.99. The number of ether oxygens (including phenoxy) is 2. The van der Waals surface area contributed by atoms with Gasteiger partial charge in [0.1, 0.15) is 5.82 Å². The maximum atomic E-state index is 12.1. The molecule has 112 valence electrons. The highest BCUT2D eigenvalue weighted by atomic mass is 127. The van der Waals surface area contributed by atoms with Crippen LogP contribution in [0.5, 0.6) is 11.5 Å². The van der Waals surface area contributed by atoms with Crippen LogP contribution in [0.4, 0.5) is 0 Å². The molecule has 0 bridgehead atoms. The van der Waals surface area contributed by atoms with Gasteiger partial charge in [-0.15, -0.1) is 0 Å². The third kappa shape index (κ3) is 3.04. The second kappa shape index (κ2) is 6.46. The Kier molecular flexibility index (Phi) is 4.87. The van der Waals surface area contributed by atoms with Gasteiger partial charge in [-0.25, -0.2) is 4.98 Å². The number of nitrogens with zero attached hydrogens (tertiary/aromatic N) is 1. The van der Waals surface area contributed by atoms with Crippen LogP contribution < -0.4 is 15.0 Å². The van der Waals surface area contributed by atoms with E-state index in [1.807, 2.05) is 48.6 Å². The van der Waals surface area contributed by atoms with E-state index in [9.17, 15) is 4.79 Å². The minimum absolute atomic E-state index is 0.144. The molecule has 0 spiro atoms. The van der Waals surface area contributed by atoms with Gasteiger partial charge in [0, 0.05) is 0 Å². The fourth-order valence-electron chi connectivity index (χ4n) is 2.06. The van der Waals surface area contributed by atoms with Crippen molar-refractivity contribution in [2.75, 3.05) is 14.2 Å². The molecule has 0 saturated heterocycles. The summed E-state index contributed by atoms with van der Waals surface area (Å²) in [6.45, 7) is 4.02. The van der Waals surface area contributed by atoms with Crippen LogP contribution in [0.2, 0.25) is 0 Å². The van der Waals surface area contributed by atoms with E-state index < -0.39 is 0 Å². The molecule has 1 aromatic heterocycles. The van der Waals surface area contributed by atoms with Crippen molar-refractivity contribution < 1.29 is 9.47 Å². The van der Waals surface area contributed by atoms with Gasteiger partial charge >= 0.3 is 0 Å². The Morgan fingerprint density at radius 1 is 1.24 bits per heavy atom. The lowest BCUT2D eigenvalue weighted by Gasteiger charge is -2.14. The van der Waals surface area contributed by atoms with Crippen molar-refractivity contribution >= 4 is 22.6 Å². The van der Waals surface area contributed by atoms with Gasteiger partial charge in [-0.3, -0.25) is 4.79 Å². The molecule has 6 heteroatoms. The third-order valence-electron chi connectivity index (χ3n) is 3.09. The summed E-state index contributed by atoms with van der Waals surface area (Å²) < 4.78 is 11.3. The predicted octanol–water partition coefficient (Wildman–Crippen LogP) is 3.18. The van der Waals surface area contributed by atoms with Crippen LogP contribution in [0.25, 0.3) is 11.4 Å². The second-order valence-electron chi connectivity index (χ2n) is 4.81. The molecular formula is C15H17IN2O3. The lowest BCUT2D eigenvalue weighted by atomic mass is 10.1. The topological polar surface area (TPSA) is 64.2 Å². The van der Waals surface area contributed by atoms with Gasteiger partial charge < -0.3 is 14.5 Å². The average Bonchev–Trinajstić information content (AvgIpc) is 2.48. The SMILES string of the molecule is COc1cccc(-c2nc(C(C)C)c(I)c(=O)[nH]2)c1OC. The molecule has 1 aromatic carbocycles. The van der Waals surface area contributed by atoms with Gasteiger partial charge in [-0.1, -0.05) is 19.9 Å². The lowest BCUT2D eigenvalue weighted by molar-refractivity contribution is 0.356. The molecule has 0 radical (unpaired) electrons. The quantitative estimate of drug-likeness (QED) is 0.801. The van der Waals surface area contributed by atoms with Gasteiger partial charge in [0.05, 0.1) is 29.0 Å². The Balaban J connectivity index is 2.71. The summed E-state index contributed by atoms with van der Waals surface area (Å²) in [4.78, 5) is 19.5. The first kappa shape index (κ1) is 15.8. The number of hydrogen-bond acceptors (Lipinski definition) is 4. The normalized spacial score (nSPS) is 10.8. The summed E-state index contributed by atoms with van der Waals surface area (Å²) in [5.74, 6) is 1.80. The molecule has 1 heterocycles. The summed E-state index contributed by atoms with van der Waals surface area (Å²) in [6, 6.07) is 5.48. The number of aromatic amines is 1. The van der Waals surface area contributed by atoms with Gasteiger partial charge in [0.25, 0.3) is 5.56 Å². The zero-order chi connectivity index (χ0) is 15.6. The zero-order valence-corrected chi connectivity index (χ0v) is 14.5. The third-order valence-corrected chi connectivity index (χ3v) is 4.14. The standard InChI is InChI=1S/C15H17IN2O3/c1-8(2)12-11(16)15(19)18-14(17-12)9-6-5-7-10(20-3)13(9)21-4/h5-8H,1-4H3,(H,17,18,19). The second-order valence-corrected chi connectivity index (χ2v) is 5.89. The Morgan fingerprint density at radius 3 is 2.52 bits per heavy atom. The van der Waals surface area contributed by atoms with Crippen molar-refractivity contribution in [3.8, 4) is 22.9 Å². The molecular weight excluding hydrogens is 383 g/mol. The first-order valence-electron chi connectivity index (χ1n) is 6.50. The molecule has 0 saturated carbocycles. The Hall–Kier alpha value is -1.57. The molecule has 0 amide bonds. The minimum Gasteiger partial charge on any atom is -0.493 e. The molecule has 0 fully saturated rings. The van der Waals surface area contributed by atoms with E-state index in [0.29, 0.717) is 26.5 Å². The smallest absolute Gasteiger partial charge is 0.264 e. The maximum Gasteiger partial charge on any atom is 0.264 e. The van der Waals surface area contributed by atoms with Crippen molar-refractivity contribution in [3.05, 3.63) is 37.8 Å². The van der Waals surface area contributed by atoms with Crippen molar-refractivity contribution in [1.29, 1.82) is 0 Å². The van der Waals surface area contributed by atoms with Crippen LogP contribution in [-0.2, 0) is 0 Å². The fourth-order valence-corrected chi connectivity index (χ4v) is 2.94. The number of halogens is 1. The van der Waals surface area contributed by atoms with Gasteiger partial charge in [-0.2, -0.15) is 0 Å². The number of methoxy groups -OCH3 is 2. The number of rotatable bonds is 4. The molecule has 5 nitrogen and oxygen atoms in total. The van der Waals surface area contributed by atoms with Crippen LogP contribution in [0.1, 0.15) is 25.5 Å². The Bertz CT molecular complexity index is 711. The summed E-state index contributed by atoms with van der Waals surface area (Å²) in [7, 11) is 3.14. The van der Waals surface area contributed by atoms with Crippen molar-refractivity contribution in [2.45, 2.75) is 19.8 Å². The van der Waals surface area contributed by atoms with Gasteiger partial charge in [0.15, 0.2) is 11.5 Å². The predicted molar refractivity (Wildman–Crippen MR) is 90.2 cm³/mol. The van der Waals surface area contributed by atoms with E-state index in [4.69, 9.17) is 9.47 Å². The largest absolute Gasteiger partial charge is 0.493 e. The fraction of sp³-hybridized carbons (Fsp3) is 0.333. The molecule has 2 rings (SSSR count). The van der Waals surface area contributed by atoms with E-state index in [1.54, 1.807) is 20.3 Å². The van der Waals surface area contributed by atoms with Crippen molar-refractivity contribution in [2.24, 2.45) is 0 Å². The highest BCUT2D eigenvalue weighted by Crippen LogP contribution is 2.36. The molecule has 1 N–H and O–H groups in total. The number of benzene rings is 1. The van der Waals surface area contributed by atoms with E-state index in [-0.39, 0.29) is 11.5 Å². The first-order valence-corrected chi connectivity index (χ1v) is 7.58. The molecule has 2 aromatic rings. The summed E-state index contributed by atoms with van der Waals surface area (Å²) >= 11 is 2.03. The molecule has 0 unspecified atom stereocenters. The van der Waals surface area contributed by atoms with Crippen molar-refractivity contribution in [1.82, 2.24) is 9.97 Å². The zero-order valence-electron chi connectivity index (χ0n) is 12.4. The van der Waals surface area contributed by atoms with Gasteiger partial charge in [0.2, 0.25) is 0 Å². The van der Waals surface area contributed by atoms with E-state index in [1.165, 1.54) is 0 Å². The van der Waals surface area contributed by atoms with Crippen LogP contribution in [0.15, 0.2) is 23.0 Å². The van der Waals surface area contributed by atoms with Crippen LogP contribution in [-0.4, -0.2) is 24.2 Å². The number of para-hydroxylation sites is 1. The minimum atomic E-state index is -0.144. The van der Waals surface area contributed by atoms with Crippen LogP contribution in [0, 0.1) is 3.57 Å². The number of H-pyrrole nitrogens is 1. The Morgan fingerprint density at radius 2 is 1.95 bits per heavy atom. The Labute approximate surface area is 136 Å². The summed E-state index contributed by atoms with van der Waals surface area (Å²) in [5.41, 5.74) is 1.33. The number of aromatic nitrogens is 2. The molecule has 0 aliphatic carbocycles. The molecule has 0 aliphatic heterocycles.